The number of anilines is 3. The largest absolute Gasteiger partial charge is 0.324 e. The lowest BCUT2D eigenvalue weighted by Gasteiger charge is -2.19. The Balaban J connectivity index is 1.65. The standard InChI is InChI=1S/C22H23ClN4O/c1-14-5-8-18(11-19(14)23)27-21-24-12-15(13-25-21)20(28)26-17-9-6-16(7-10-17)22(2,3)4/h5-13H,1-4H3,(H,26,28)(H,24,25,27). The SMILES string of the molecule is Cc1ccc(Nc2ncc(C(=O)Nc3ccc(C(C)(C)C)cc3)cn2)cc1Cl. The number of amides is 1. The van der Waals surface area contributed by atoms with Gasteiger partial charge in [0.25, 0.3) is 5.91 Å². The fraction of sp³-hybridized carbons (Fsp3) is 0.227. The van der Waals surface area contributed by atoms with Gasteiger partial charge in [-0.05, 0) is 47.7 Å². The number of aryl methyl sites for hydroxylation is 1. The number of nitrogens with one attached hydrogen (secondary N) is 2. The molecule has 1 amide bonds. The molecule has 2 aromatic carbocycles. The summed E-state index contributed by atoms with van der Waals surface area (Å²) in [5.41, 5.74) is 4.17. The van der Waals surface area contributed by atoms with Gasteiger partial charge in [0.15, 0.2) is 0 Å². The number of nitrogens with zero attached hydrogens (tertiary/aromatic N) is 2. The second-order valence-electron chi connectivity index (χ2n) is 7.67. The van der Waals surface area contributed by atoms with Crippen molar-refractivity contribution in [2.45, 2.75) is 33.1 Å². The highest BCUT2D eigenvalue weighted by molar-refractivity contribution is 6.31. The van der Waals surface area contributed by atoms with Gasteiger partial charge in [-0.3, -0.25) is 4.79 Å². The van der Waals surface area contributed by atoms with Crippen LogP contribution in [0.2, 0.25) is 5.02 Å². The summed E-state index contributed by atoms with van der Waals surface area (Å²) < 4.78 is 0. The first-order valence-corrected chi connectivity index (χ1v) is 9.37. The van der Waals surface area contributed by atoms with Crippen molar-refractivity contribution in [3.05, 3.63) is 76.6 Å². The zero-order chi connectivity index (χ0) is 20.3. The first-order valence-electron chi connectivity index (χ1n) is 8.99. The number of carbonyl (C=O) groups excluding carboxylic acids is 1. The van der Waals surface area contributed by atoms with Crippen LogP contribution in [0.3, 0.4) is 0 Å². The maximum absolute atomic E-state index is 12.4. The van der Waals surface area contributed by atoms with Crippen molar-refractivity contribution in [2.75, 3.05) is 10.6 Å². The smallest absolute Gasteiger partial charge is 0.258 e. The number of aromatic nitrogens is 2. The van der Waals surface area contributed by atoms with E-state index in [1.807, 2.05) is 49.4 Å². The predicted molar refractivity (Wildman–Crippen MR) is 115 cm³/mol. The van der Waals surface area contributed by atoms with Crippen LogP contribution < -0.4 is 10.6 Å². The molecule has 0 aliphatic heterocycles. The molecule has 0 atom stereocenters. The Hall–Kier alpha value is -2.92. The van der Waals surface area contributed by atoms with E-state index in [1.54, 1.807) is 0 Å². The third kappa shape index (κ3) is 4.87. The van der Waals surface area contributed by atoms with E-state index < -0.39 is 0 Å². The predicted octanol–water partition coefficient (Wildman–Crippen LogP) is 5.73. The highest BCUT2D eigenvalue weighted by atomic mass is 35.5. The van der Waals surface area contributed by atoms with E-state index in [4.69, 9.17) is 11.6 Å². The van der Waals surface area contributed by atoms with Gasteiger partial charge in [-0.15, -0.1) is 0 Å². The normalized spacial score (nSPS) is 11.2. The van der Waals surface area contributed by atoms with E-state index >= 15 is 0 Å². The summed E-state index contributed by atoms with van der Waals surface area (Å²) in [4.78, 5) is 20.8. The summed E-state index contributed by atoms with van der Waals surface area (Å²) in [6.45, 7) is 8.39. The van der Waals surface area contributed by atoms with Crippen LogP contribution in [-0.2, 0) is 5.41 Å². The van der Waals surface area contributed by atoms with Crippen LogP contribution in [0, 0.1) is 6.92 Å². The molecule has 3 rings (SSSR count). The van der Waals surface area contributed by atoms with Crippen molar-refractivity contribution in [2.24, 2.45) is 0 Å². The maximum atomic E-state index is 12.4. The Morgan fingerprint density at radius 3 is 2.14 bits per heavy atom. The Labute approximate surface area is 170 Å². The topological polar surface area (TPSA) is 66.9 Å². The minimum Gasteiger partial charge on any atom is -0.324 e. The molecule has 28 heavy (non-hydrogen) atoms. The lowest BCUT2D eigenvalue weighted by molar-refractivity contribution is 0.102. The molecule has 0 spiro atoms. The minimum atomic E-state index is -0.256. The molecule has 0 saturated heterocycles. The first-order chi connectivity index (χ1) is 13.2. The molecule has 6 heteroatoms. The maximum Gasteiger partial charge on any atom is 0.258 e. The molecule has 1 aromatic heterocycles. The molecule has 0 aliphatic rings. The molecular formula is C22H23ClN4O. The molecule has 1 heterocycles. The minimum absolute atomic E-state index is 0.0703. The van der Waals surface area contributed by atoms with Gasteiger partial charge in [-0.1, -0.05) is 50.6 Å². The monoisotopic (exact) mass is 394 g/mol. The Bertz CT molecular complexity index is 977. The summed E-state index contributed by atoms with van der Waals surface area (Å²) in [5.74, 6) is 0.138. The molecular weight excluding hydrogens is 372 g/mol. The summed E-state index contributed by atoms with van der Waals surface area (Å²) in [7, 11) is 0. The number of halogens is 1. The van der Waals surface area contributed by atoms with Crippen molar-refractivity contribution < 1.29 is 4.79 Å². The van der Waals surface area contributed by atoms with E-state index in [2.05, 4.69) is 41.4 Å². The summed E-state index contributed by atoms with van der Waals surface area (Å²) in [5, 5.41) is 6.60. The first kappa shape index (κ1) is 19.8. The van der Waals surface area contributed by atoms with Crippen molar-refractivity contribution >= 4 is 34.8 Å². The van der Waals surface area contributed by atoms with Gasteiger partial charge in [0.2, 0.25) is 5.95 Å². The molecule has 0 saturated carbocycles. The lowest BCUT2D eigenvalue weighted by atomic mass is 9.87. The van der Waals surface area contributed by atoms with E-state index in [0.29, 0.717) is 16.5 Å². The quantitative estimate of drug-likeness (QED) is 0.592. The highest BCUT2D eigenvalue weighted by Crippen LogP contribution is 2.24. The summed E-state index contributed by atoms with van der Waals surface area (Å²) >= 11 is 6.12. The van der Waals surface area contributed by atoms with Crippen molar-refractivity contribution in [3.8, 4) is 0 Å². The van der Waals surface area contributed by atoms with E-state index in [-0.39, 0.29) is 11.3 Å². The molecule has 0 bridgehead atoms. The fourth-order valence-corrected chi connectivity index (χ4v) is 2.75. The van der Waals surface area contributed by atoms with Crippen LogP contribution in [0.25, 0.3) is 0 Å². The lowest BCUT2D eigenvalue weighted by Crippen LogP contribution is -2.14. The molecule has 0 fully saturated rings. The number of benzene rings is 2. The van der Waals surface area contributed by atoms with Crippen LogP contribution in [0.5, 0.6) is 0 Å². The zero-order valence-electron chi connectivity index (χ0n) is 16.4. The molecule has 3 aromatic rings. The number of carbonyl (C=O) groups is 1. The summed E-state index contributed by atoms with van der Waals surface area (Å²) in [6, 6.07) is 13.5. The second-order valence-corrected chi connectivity index (χ2v) is 8.07. The summed E-state index contributed by atoms with van der Waals surface area (Å²) in [6.07, 6.45) is 2.98. The molecule has 0 aliphatic carbocycles. The Morgan fingerprint density at radius 1 is 0.964 bits per heavy atom. The van der Waals surface area contributed by atoms with Gasteiger partial charge in [0, 0.05) is 28.8 Å². The molecule has 0 radical (unpaired) electrons. The van der Waals surface area contributed by atoms with Crippen molar-refractivity contribution in [1.82, 2.24) is 9.97 Å². The van der Waals surface area contributed by atoms with Gasteiger partial charge < -0.3 is 10.6 Å². The van der Waals surface area contributed by atoms with Gasteiger partial charge in [0.1, 0.15) is 0 Å². The third-order valence-corrected chi connectivity index (χ3v) is 4.76. The van der Waals surface area contributed by atoms with Crippen LogP contribution in [0.1, 0.15) is 42.3 Å². The zero-order valence-corrected chi connectivity index (χ0v) is 17.1. The number of hydrogen-bond acceptors (Lipinski definition) is 4. The van der Waals surface area contributed by atoms with Gasteiger partial charge in [0.05, 0.1) is 5.56 Å². The van der Waals surface area contributed by atoms with E-state index in [1.165, 1.54) is 18.0 Å². The molecule has 2 N–H and O–H groups in total. The Kier molecular flexibility index (Phi) is 5.66. The van der Waals surface area contributed by atoms with Crippen LogP contribution in [-0.4, -0.2) is 15.9 Å². The molecule has 144 valence electrons. The van der Waals surface area contributed by atoms with Crippen molar-refractivity contribution in [3.63, 3.8) is 0 Å². The van der Waals surface area contributed by atoms with E-state index in [9.17, 15) is 4.79 Å². The Morgan fingerprint density at radius 2 is 1.57 bits per heavy atom. The average Bonchev–Trinajstić information content (AvgIpc) is 2.65. The van der Waals surface area contributed by atoms with Gasteiger partial charge >= 0.3 is 0 Å². The second kappa shape index (κ2) is 7.98. The number of hydrogen-bond donors (Lipinski definition) is 2. The average molecular weight is 395 g/mol. The van der Waals surface area contributed by atoms with Gasteiger partial charge in [-0.25, -0.2) is 9.97 Å². The number of rotatable bonds is 4. The highest BCUT2D eigenvalue weighted by Gasteiger charge is 2.14. The fourth-order valence-electron chi connectivity index (χ4n) is 2.57. The molecule has 0 unspecified atom stereocenters. The van der Waals surface area contributed by atoms with Crippen molar-refractivity contribution in [1.29, 1.82) is 0 Å². The van der Waals surface area contributed by atoms with Crippen LogP contribution in [0.15, 0.2) is 54.9 Å². The third-order valence-electron chi connectivity index (χ3n) is 4.35. The molecule has 5 nitrogen and oxygen atoms in total. The van der Waals surface area contributed by atoms with Crippen LogP contribution >= 0.6 is 11.6 Å². The van der Waals surface area contributed by atoms with Crippen LogP contribution in [0.4, 0.5) is 17.3 Å². The van der Waals surface area contributed by atoms with E-state index in [0.717, 1.165) is 16.9 Å². The van der Waals surface area contributed by atoms with Gasteiger partial charge in [-0.2, -0.15) is 0 Å².